The fourth-order valence-electron chi connectivity index (χ4n) is 3.61. The van der Waals surface area contributed by atoms with Crippen molar-refractivity contribution in [1.29, 1.82) is 0 Å². The first-order valence-corrected chi connectivity index (χ1v) is 6.28. The molecule has 0 bridgehead atoms. The average molecular weight is 206 g/mol. The van der Waals surface area contributed by atoms with E-state index in [2.05, 4.69) is 26.0 Å². The van der Waals surface area contributed by atoms with Gasteiger partial charge in [0.15, 0.2) is 0 Å². The summed E-state index contributed by atoms with van der Waals surface area (Å²) < 4.78 is 0. The Balaban J connectivity index is 2.20. The van der Waals surface area contributed by atoms with Crippen molar-refractivity contribution in [3.8, 4) is 0 Å². The molecule has 0 radical (unpaired) electrons. The molecule has 1 fully saturated rings. The molecule has 0 amide bonds. The zero-order valence-electron chi connectivity index (χ0n) is 10.1. The van der Waals surface area contributed by atoms with E-state index in [1.165, 1.54) is 19.3 Å². The first kappa shape index (κ1) is 10.9. The lowest BCUT2D eigenvalue weighted by Gasteiger charge is -2.42. The second kappa shape index (κ2) is 4.11. The number of hydrogen-bond acceptors (Lipinski definition) is 1. The van der Waals surface area contributed by atoms with Crippen molar-refractivity contribution in [2.75, 3.05) is 0 Å². The molecule has 1 nitrogen and oxygen atoms in total. The number of fused-ring (bicyclic) bond motifs is 1. The van der Waals surface area contributed by atoms with Crippen molar-refractivity contribution >= 4 is 5.78 Å². The molecule has 1 saturated carbocycles. The minimum absolute atomic E-state index is 0.299. The van der Waals surface area contributed by atoms with Crippen molar-refractivity contribution in [3.63, 3.8) is 0 Å². The predicted molar refractivity (Wildman–Crippen MR) is 62.5 cm³/mol. The third-order valence-electron chi connectivity index (χ3n) is 4.38. The number of ketones is 1. The van der Waals surface area contributed by atoms with Gasteiger partial charge < -0.3 is 0 Å². The molecule has 5 atom stereocenters. The van der Waals surface area contributed by atoms with Crippen LogP contribution in [0.4, 0.5) is 0 Å². The van der Waals surface area contributed by atoms with E-state index < -0.39 is 0 Å². The normalized spacial score (nSPS) is 44.9. The third-order valence-corrected chi connectivity index (χ3v) is 4.38. The van der Waals surface area contributed by atoms with Gasteiger partial charge in [0.2, 0.25) is 0 Å². The quantitative estimate of drug-likeness (QED) is 0.601. The Bertz CT molecular complexity index is 279. The summed E-state index contributed by atoms with van der Waals surface area (Å²) in [5, 5.41) is 0. The number of carbonyl (C=O) groups excluding carboxylic acids is 1. The van der Waals surface area contributed by atoms with E-state index >= 15 is 0 Å². The Kier molecular flexibility index (Phi) is 2.99. The molecule has 0 aromatic carbocycles. The van der Waals surface area contributed by atoms with Crippen molar-refractivity contribution < 1.29 is 4.79 Å². The minimum atomic E-state index is 0.299. The molecule has 2 rings (SSSR count). The number of Topliss-reactive ketones (excluding diaryl/α,β-unsaturated/α-hetero) is 1. The molecule has 0 saturated heterocycles. The Morgan fingerprint density at radius 2 is 1.93 bits per heavy atom. The Labute approximate surface area is 92.9 Å². The van der Waals surface area contributed by atoms with E-state index in [9.17, 15) is 4.79 Å². The summed E-state index contributed by atoms with van der Waals surface area (Å²) >= 11 is 0. The fraction of sp³-hybridized carbons (Fsp3) is 0.786. The SMILES string of the molecule is CC(=O)[C@@H]1[C@H]2CC[C@H](C)C[C@@H]2C=C[C@@H]1C. The zero-order valence-corrected chi connectivity index (χ0v) is 10.1. The van der Waals surface area contributed by atoms with Gasteiger partial charge in [-0.15, -0.1) is 0 Å². The molecular formula is C14H22O. The van der Waals surface area contributed by atoms with Gasteiger partial charge in [0.1, 0.15) is 5.78 Å². The van der Waals surface area contributed by atoms with Crippen LogP contribution in [0.1, 0.15) is 40.0 Å². The third kappa shape index (κ3) is 2.02. The number of carbonyl (C=O) groups is 1. The highest BCUT2D eigenvalue weighted by Crippen LogP contribution is 2.44. The van der Waals surface area contributed by atoms with Gasteiger partial charge in [0.25, 0.3) is 0 Å². The molecular weight excluding hydrogens is 184 g/mol. The van der Waals surface area contributed by atoms with Crippen molar-refractivity contribution in [1.82, 2.24) is 0 Å². The maximum absolute atomic E-state index is 11.7. The highest BCUT2D eigenvalue weighted by atomic mass is 16.1. The zero-order chi connectivity index (χ0) is 11.0. The molecule has 0 unspecified atom stereocenters. The average Bonchev–Trinajstić information content (AvgIpc) is 2.17. The monoisotopic (exact) mass is 206 g/mol. The summed E-state index contributed by atoms with van der Waals surface area (Å²) in [6, 6.07) is 0. The van der Waals surface area contributed by atoms with Crippen molar-refractivity contribution in [2.24, 2.45) is 29.6 Å². The lowest BCUT2D eigenvalue weighted by atomic mass is 9.62. The first-order chi connectivity index (χ1) is 7.09. The standard InChI is InChI=1S/C14H22O/c1-9-4-7-13-12(8-9)6-5-10(2)14(13)11(3)15/h5-6,9-10,12-14H,4,7-8H2,1-3H3/t9-,10-,12-,13-,14+/m0/s1. The van der Waals surface area contributed by atoms with E-state index in [1.54, 1.807) is 6.92 Å². The molecule has 0 heterocycles. The molecule has 1 heteroatoms. The van der Waals surface area contributed by atoms with Gasteiger partial charge >= 0.3 is 0 Å². The molecule has 0 spiro atoms. The molecule has 0 N–H and O–H groups in total. The van der Waals surface area contributed by atoms with Crippen LogP contribution in [0, 0.1) is 29.6 Å². The summed E-state index contributed by atoms with van der Waals surface area (Å²) in [5.74, 6) is 3.32. The van der Waals surface area contributed by atoms with Crippen LogP contribution < -0.4 is 0 Å². The maximum Gasteiger partial charge on any atom is 0.133 e. The minimum Gasteiger partial charge on any atom is -0.300 e. The van der Waals surface area contributed by atoms with Crippen LogP contribution in [0.2, 0.25) is 0 Å². The lowest BCUT2D eigenvalue weighted by molar-refractivity contribution is -0.125. The predicted octanol–water partition coefficient (Wildman–Crippen LogP) is 3.45. The van der Waals surface area contributed by atoms with Gasteiger partial charge in [-0.25, -0.2) is 0 Å². The molecule has 0 aromatic heterocycles. The molecule has 2 aliphatic carbocycles. The van der Waals surface area contributed by atoms with Crippen LogP contribution in [0.25, 0.3) is 0 Å². The maximum atomic E-state index is 11.7. The van der Waals surface area contributed by atoms with Crippen molar-refractivity contribution in [3.05, 3.63) is 12.2 Å². The van der Waals surface area contributed by atoms with Crippen LogP contribution in [0.15, 0.2) is 12.2 Å². The van der Waals surface area contributed by atoms with Crippen LogP contribution >= 0.6 is 0 Å². The molecule has 0 aliphatic heterocycles. The van der Waals surface area contributed by atoms with E-state index in [-0.39, 0.29) is 0 Å². The lowest BCUT2D eigenvalue weighted by Crippen LogP contribution is -2.38. The number of allylic oxidation sites excluding steroid dienone is 2. The highest BCUT2D eigenvalue weighted by molar-refractivity contribution is 5.79. The summed E-state index contributed by atoms with van der Waals surface area (Å²) in [5.41, 5.74) is 0. The van der Waals surface area contributed by atoms with Gasteiger partial charge in [-0.05, 0) is 43.4 Å². The molecule has 15 heavy (non-hydrogen) atoms. The second-order valence-electron chi connectivity index (χ2n) is 5.63. The van der Waals surface area contributed by atoms with Gasteiger partial charge in [-0.2, -0.15) is 0 Å². The topological polar surface area (TPSA) is 17.1 Å². The van der Waals surface area contributed by atoms with E-state index in [4.69, 9.17) is 0 Å². The van der Waals surface area contributed by atoms with E-state index in [1.807, 2.05) is 0 Å². The Morgan fingerprint density at radius 1 is 1.20 bits per heavy atom. The van der Waals surface area contributed by atoms with Crippen LogP contribution in [0.5, 0.6) is 0 Å². The van der Waals surface area contributed by atoms with Gasteiger partial charge in [-0.1, -0.05) is 32.4 Å². The fourth-order valence-corrected chi connectivity index (χ4v) is 3.61. The molecule has 84 valence electrons. The van der Waals surface area contributed by atoms with Crippen LogP contribution in [-0.4, -0.2) is 5.78 Å². The molecule has 0 aromatic rings. The second-order valence-corrected chi connectivity index (χ2v) is 5.63. The Morgan fingerprint density at radius 3 is 2.60 bits per heavy atom. The van der Waals surface area contributed by atoms with Gasteiger partial charge in [0.05, 0.1) is 0 Å². The summed E-state index contributed by atoms with van der Waals surface area (Å²) in [6.07, 6.45) is 8.50. The van der Waals surface area contributed by atoms with Crippen LogP contribution in [-0.2, 0) is 4.79 Å². The smallest absolute Gasteiger partial charge is 0.133 e. The summed E-state index contributed by atoms with van der Waals surface area (Å²) in [4.78, 5) is 11.7. The largest absolute Gasteiger partial charge is 0.300 e. The molecule has 2 aliphatic rings. The van der Waals surface area contributed by atoms with Gasteiger partial charge in [-0.3, -0.25) is 4.79 Å². The first-order valence-electron chi connectivity index (χ1n) is 6.28. The summed E-state index contributed by atoms with van der Waals surface area (Å²) in [7, 11) is 0. The number of hydrogen-bond donors (Lipinski definition) is 0. The van der Waals surface area contributed by atoms with Crippen molar-refractivity contribution in [2.45, 2.75) is 40.0 Å². The van der Waals surface area contributed by atoms with Gasteiger partial charge in [0, 0.05) is 5.92 Å². The number of rotatable bonds is 1. The summed E-state index contributed by atoms with van der Waals surface area (Å²) in [6.45, 7) is 6.30. The Hall–Kier alpha value is -0.590. The van der Waals surface area contributed by atoms with Crippen LogP contribution in [0.3, 0.4) is 0 Å². The van der Waals surface area contributed by atoms with E-state index in [0.717, 1.165) is 5.92 Å². The highest BCUT2D eigenvalue weighted by Gasteiger charge is 2.39. The van der Waals surface area contributed by atoms with E-state index in [0.29, 0.717) is 29.5 Å².